The normalized spacial score (nSPS) is 19.5. The van der Waals surface area contributed by atoms with E-state index in [1.165, 1.54) is 12.8 Å². The Labute approximate surface area is 225 Å². The lowest BCUT2D eigenvalue weighted by atomic mass is 9.78. The molecule has 2 aromatic carbocycles. The van der Waals surface area contributed by atoms with Crippen LogP contribution in [0, 0.1) is 11.8 Å². The molecule has 0 aliphatic heterocycles. The Balaban J connectivity index is 1.64. The van der Waals surface area contributed by atoms with Gasteiger partial charge in [-0.05, 0) is 81.1 Å². The zero-order valence-corrected chi connectivity index (χ0v) is 25.0. The minimum atomic E-state index is -2.98. The zero-order chi connectivity index (χ0) is 27.3. The van der Waals surface area contributed by atoms with Crippen molar-refractivity contribution in [2.75, 3.05) is 6.61 Å². The zero-order valence-electron chi connectivity index (χ0n) is 24.0. The molecule has 204 valence electrons. The van der Waals surface area contributed by atoms with Crippen molar-refractivity contribution in [2.24, 2.45) is 11.8 Å². The van der Waals surface area contributed by atoms with Crippen LogP contribution < -0.4 is 10.4 Å². The quantitative estimate of drug-likeness (QED) is 0.295. The highest BCUT2D eigenvalue weighted by atomic mass is 28.4. The van der Waals surface area contributed by atoms with Gasteiger partial charge in [0, 0.05) is 0 Å². The molecular weight excluding hydrogens is 476 g/mol. The van der Waals surface area contributed by atoms with Gasteiger partial charge in [0.15, 0.2) is 5.60 Å². The SMILES string of the molecule is CC(C)(C)OC(=O)C(C)(C)OC[C@H]1CCC[C@@H](CCC(C)(C)[Si](O)(c2ccccc2)c2ccccc2)C1. The molecule has 0 spiro atoms. The lowest BCUT2D eigenvalue weighted by molar-refractivity contribution is -0.181. The Bertz CT molecular complexity index is 955. The summed E-state index contributed by atoms with van der Waals surface area (Å²) in [6, 6.07) is 20.6. The van der Waals surface area contributed by atoms with Gasteiger partial charge in [-0.2, -0.15) is 0 Å². The van der Waals surface area contributed by atoms with Crippen molar-refractivity contribution >= 4 is 24.7 Å². The largest absolute Gasteiger partial charge is 0.458 e. The molecule has 2 atom stereocenters. The molecule has 1 N–H and O–H groups in total. The van der Waals surface area contributed by atoms with E-state index in [0.717, 1.165) is 36.1 Å². The first-order chi connectivity index (χ1) is 17.2. The second-order valence-electron chi connectivity index (χ2n) is 13.1. The number of benzene rings is 2. The lowest BCUT2D eigenvalue weighted by Crippen LogP contribution is -2.65. The van der Waals surface area contributed by atoms with Crippen molar-refractivity contribution < 1.29 is 19.1 Å². The molecular formula is C32H48O4Si. The number of carbonyl (C=O) groups is 1. The van der Waals surface area contributed by atoms with Crippen molar-refractivity contribution in [3.8, 4) is 0 Å². The molecule has 1 aliphatic carbocycles. The molecule has 0 radical (unpaired) electrons. The van der Waals surface area contributed by atoms with Gasteiger partial charge in [0.25, 0.3) is 8.32 Å². The van der Waals surface area contributed by atoms with Gasteiger partial charge >= 0.3 is 5.97 Å². The maximum atomic E-state index is 12.6. The summed E-state index contributed by atoms with van der Waals surface area (Å²) >= 11 is 0. The summed E-state index contributed by atoms with van der Waals surface area (Å²) in [5.41, 5.74) is -1.47. The summed E-state index contributed by atoms with van der Waals surface area (Å²) in [7, 11) is -2.98. The number of ether oxygens (including phenoxy) is 2. The van der Waals surface area contributed by atoms with E-state index in [1.807, 2.05) is 71.0 Å². The minimum Gasteiger partial charge on any atom is -0.458 e. The Hall–Kier alpha value is -1.95. The van der Waals surface area contributed by atoms with Gasteiger partial charge in [0.05, 0.1) is 6.61 Å². The van der Waals surface area contributed by atoms with Crippen LogP contribution in [0.5, 0.6) is 0 Å². The first-order valence-corrected chi connectivity index (χ1v) is 15.9. The van der Waals surface area contributed by atoms with Gasteiger partial charge in [-0.3, -0.25) is 0 Å². The summed E-state index contributed by atoms with van der Waals surface area (Å²) in [6.45, 7) is 14.4. The molecule has 1 fully saturated rings. The Morgan fingerprint density at radius 2 is 1.38 bits per heavy atom. The van der Waals surface area contributed by atoms with Gasteiger partial charge < -0.3 is 14.3 Å². The van der Waals surface area contributed by atoms with Crippen molar-refractivity contribution in [2.45, 2.75) is 103 Å². The summed E-state index contributed by atoms with van der Waals surface area (Å²) < 4.78 is 11.7. The van der Waals surface area contributed by atoms with Crippen LogP contribution in [0.3, 0.4) is 0 Å². The molecule has 37 heavy (non-hydrogen) atoms. The summed E-state index contributed by atoms with van der Waals surface area (Å²) in [5, 5.41) is 1.92. The smallest absolute Gasteiger partial charge is 0.338 e. The molecule has 1 saturated carbocycles. The molecule has 3 rings (SSSR count). The molecule has 2 aromatic rings. The molecule has 0 heterocycles. The third-order valence-electron chi connectivity index (χ3n) is 8.00. The second kappa shape index (κ2) is 11.8. The fraction of sp³-hybridized carbons (Fsp3) is 0.594. The van der Waals surface area contributed by atoms with Crippen LogP contribution in [-0.2, 0) is 14.3 Å². The molecule has 5 heteroatoms. The third kappa shape index (κ3) is 7.55. The number of carbonyl (C=O) groups excluding carboxylic acids is 1. The first kappa shape index (κ1) is 29.6. The second-order valence-corrected chi connectivity index (χ2v) is 17.0. The predicted octanol–water partition coefficient (Wildman–Crippen LogP) is 6.24. The molecule has 0 unspecified atom stereocenters. The summed E-state index contributed by atoms with van der Waals surface area (Å²) in [4.78, 5) is 25.0. The van der Waals surface area contributed by atoms with E-state index in [2.05, 4.69) is 38.1 Å². The maximum absolute atomic E-state index is 12.6. The molecule has 0 bridgehead atoms. The lowest BCUT2D eigenvalue weighted by Gasteiger charge is -2.42. The number of esters is 1. The fourth-order valence-corrected chi connectivity index (χ4v) is 9.41. The van der Waals surface area contributed by atoms with E-state index < -0.39 is 19.5 Å². The van der Waals surface area contributed by atoms with Crippen molar-refractivity contribution in [3.05, 3.63) is 60.7 Å². The third-order valence-corrected chi connectivity index (χ3v) is 12.5. The van der Waals surface area contributed by atoms with Crippen molar-refractivity contribution in [1.82, 2.24) is 0 Å². The Morgan fingerprint density at radius 1 is 0.865 bits per heavy atom. The van der Waals surface area contributed by atoms with Crippen LogP contribution in [0.2, 0.25) is 5.04 Å². The molecule has 0 saturated heterocycles. The molecule has 0 amide bonds. The van der Waals surface area contributed by atoms with Crippen LogP contribution in [0.4, 0.5) is 0 Å². The van der Waals surface area contributed by atoms with E-state index in [1.54, 1.807) is 0 Å². The van der Waals surface area contributed by atoms with E-state index in [4.69, 9.17) is 9.47 Å². The van der Waals surface area contributed by atoms with Gasteiger partial charge in [0.1, 0.15) is 5.60 Å². The number of hydrogen-bond acceptors (Lipinski definition) is 4. The van der Waals surface area contributed by atoms with Crippen LogP contribution in [0.1, 0.15) is 87.0 Å². The van der Waals surface area contributed by atoms with Gasteiger partial charge in [0.2, 0.25) is 0 Å². The Morgan fingerprint density at radius 3 is 1.89 bits per heavy atom. The molecule has 1 aliphatic rings. The van der Waals surface area contributed by atoms with Crippen LogP contribution in [0.15, 0.2) is 60.7 Å². The van der Waals surface area contributed by atoms with Crippen LogP contribution in [-0.4, -0.2) is 36.9 Å². The molecule has 0 aromatic heterocycles. The average Bonchev–Trinajstić information content (AvgIpc) is 2.86. The molecule has 4 nitrogen and oxygen atoms in total. The summed E-state index contributed by atoms with van der Waals surface area (Å²) in [5.74, 6) is 0.749. The van der Waals surface area contributed by atoms with E-state index >= 15 is 0 Å². The van der Waals surface area contributed by atoms with E-state index in [9.17, 15) is 9.59 Å². The fourth-order valence-electron chi connectivity index (χ4n) is 5.65. The van der Waals surface area contributed by atoms with Gasteiger partial charge in [-0.1, -0.05) is 93.8 Å². The standard InChI is InChI=1S/C32H48O4Si/c1-30(2,3)36-29(33)32(6,7)35-24-26-16-14-15-25(23-26)21-22-31(4,5)37(34,27-17-10-8-11-18-27)28-19-12-9-13-20-28/h8-13,17-20,25-26,34H,14-16,21-24H2,1-7H3/t25-,26-/m0/s1. The highest BCUT2D eigenvalue weighted by Crippen LogP contribution is 2.43. The number of hydrogen-bond donors (Lipinski definition) is 1. The van der Waals surface area contributed by atoms with E-state index in [0.29, 0.717) is 18.4 Å². The highest BCUT2D eigenvalue weighted by Gasteiger charge is 2.49. The monoisotopic (exact) mass is 524 g/mol. The average molecular weight is 525 g/mol. The Kier molecular flexibility index (Phi) is 9.47. The maximum Gasteiger partial charge on any atom is 0.338 e. The summed E-state index contributed by atoms with van der Waals surface area (Å²) in [6.07, 6.45) is 6.72. The minimum absolute atomic E-state index is 0.224. The predicted molar refractivity (Wildman–Crippen MR) is 155 cm³/mol. The van der Waals surface area contributed by atoms with Crippen LogP contribution >= 0.6 is 0 Å². The first-order valence-electron chi connectivity index (χ1n) is 14.0. The van der Waals surface area contributed by atoms with Gasteiger partial charge in [-0.15, -0.1) is 0 Å². The number of rotatable bonds is 10. The topological polar surface area (TPSA) is 55.8 Å². The van der Waals surface area contributed by atoms with E-state index in [-0.39, 0.29) is 11.0 Å². The van der Waals surface area contributed by atoms with Gasteiger partial charge in [-0.25, -0.2) is 4.79 Å². The van der Waals surface area contributed by atoms with Crippen LogP contribution in [0.25, 0.3) is 0 Å². The van der Waals surface area contributed by atoms with Crippen molar-refractivity contribution in [1.29, 1.82) is 0 Å². The van der Waals surface area contributed by atoms with Crippen molar-refractivity contribution in [3.63, 3.8) is 0 Å². The highest BCUT2D eigenvalue weighted by molar-refractivity contribution is 6.98.